The Labute approximate surface area is 175 Å². The molecule has 0 saturated carbocycles. The Kier molecular flexibility index (Phi) is 21.9. The largest absolute Gasteiger partial charge is 0.471 e. The van der Waals surface area contributed by atoms with Gasteiger partial charge in [-0.1, -0.05) is 129 Å². The van der Waals surface area contributed by atoms with Gasteiger partial charge in [0.15, 0.2) is 0 Å². The van der Waals surface area contributed by atoms with Gasteiger partial charge in [-0.05, 0) is 6.42 Å². The first-order chi connectivity index (χ1) is 13.6. The maximum absolute atomic E-state index is 11.1. The highest BCUT2D eigenvalue weighted by Gasteiger charge is 2.17. The lowest BCUT2D eigenvalue weighted by atomic mass is 10.0. The molecule has 0 saturated heterocycles. The van der Waals surface area contributed by atoms with Gasteiger partial charge in [-0.15, -0.1) is 0 Å². The lowest BCUT2D eigenvalue weighted by molar-refractivity contribution is 0.170. The van der Waals surface area contributed by atoms with Gasteiger partial charge in [0.1, 0.15) is 0 Å². The van der Waals surface area contributed by atoms with E-state index in [0.717, 1.165) is 12.8 Å². The molecule has 0 aliphatic rings. The van der Waals surface area contributed by atoms with Crippen LogP contribution in [-0.2, 0) is 13.6 Å². The second-order valence-corrected chi connectivity index (χ2v) is 9.76. The van der Waals surface area contributed by atoms with E-state index in [1.54, 1.807) is 0 Å². The maximum Gasteiger partial charge on any atom is 0.471 e. The summed E-state index contributed by atoms with van der Waals surface area (Å²) in [6.45, 7) is 2.59. The first-order valence-electron chi connectivity index (χ1n) is 12.2. The van der Waals surface area contributed by atoms with Gasteiger partial charge >= 0.3 is 7.82 Å². The highest BCUT2D eigenvalue weighted by molar-refractivity contribution is 7.47. The second-order valence-electron chi connectivity index (χ2n) is 8.20. The molecule has 0 amide bonds. The highest BCUT2D eigenvalue weighted by Crippen LogP contribution is 2.41. The van der Waals surface area contributed by atoms with Crippen molar-refractivity contribution in [3.05, 3.63) is 0 Å². The fourth-order valence-corrected chi connectivity index (χ4v) is 4.06. The second kappa shape index (κ2) is 21.8. The molecule has 0 heterocycles. The Morgan fingerprint density at radius 2 is 0.857 bits per heavy atom. The lowest BCUT2D eigenvalue weighted by Gasteiger charge is -2.08. The van der Waals surface area contributed by atoms with Crippen LogP contribution in [0.15, 0.2) is 0 Å². The Bertz CT molecular complexity index is 349. The average molecular weight is 421 g/mol. The predicted molar refractivity (Wildman–Crippen MR) is 121 cm³/mol. The van der Waals surface area contributed by atoms with E-state index in [1.165, 1.54) is 123 Å². The number of hydrogen-bond acceptors (Lipinski definition) is 3. The van der Waals surface area contributed by atoms with E-state index in [0.29, 0.717) is 6.61 Å². The van der Waals surface area contributed by atoms with Crippen LogP contribution in [0.5, 0.6) is 0 Å². The van der Waals surface area contributed by atoms with Crippen molar-refractivity contribution >= 4 is 7.82 Å². The SMILES string of the molecule is CCCCCCCCCCCCCCCCCCCCCCOP(=O)(O)OC. The van der Waals surface area contributed by atoms with Crippen LogP contribution in [-0.4, -0.2) is 18.6 Å². The molecule has 1 unspecified atom stereocenters. The normalized spacial score (nSPS) is 13.7. The van der Waals surface area contributed by atoms with Crippen LogP contribution in [0.1, 0.15) is 135 Å². The van der Waals surface area contributed by atoms with Gasteiger partial charge in [0, 0.05) is 7.11 Å². The molecular formula is C23H49O4P. The van der Waals surface area contributed by atoms with Gasteiger partial charge in [-0.25, -0.2) is 4.57 Å². The van der Waals surface area contributed by atoms with Crippen molar-refractivity contribution in [3.8, 4) is 0 Å². The summed E-state index contributed by atoms with van der Waals surface area (Å²) in [5.41, 5.74) is 0. The number of phosphoric acid groups is 1. The van der Waals surface area contributed by atoms with Crippen LogP contribution in [0, 0.1) is 0 Å². The van der Waals surface area contributed by atoms with Crippen LogP contribution in [0.4, 0.5) is 0 Å². The van der Waals surface area contributed by atoms with Crippen molar-refractivity contribution in [1.29, 1.82) is 0 Å². The van der Waals surface area contributed by atoms with Crippen molar-refractivity contribution < 1.29 is 18.5 Å². The molecule has 1 N–H and O–H groups in total. The summed E-state index contributed by atoms with van der Waals surface area (Å²) in [7, 11) is -2.58. The maximum atomic E-state index is 11.1. The fraction of sp³-hybridized carbons (Fsp3) is 1.00. The molecular weight excluding hydrogens is 371 g/mol. The average Bonchev–Trinajstić information content (AvgIpc) is 2.69. The van der Waals surface area contributed by atoms with Gasteiger partial charge in [-0.3, -0.25) is 9.05 Å². The summed E-state index contributed by atoms with van der Waals surface area (Å²) in [6.07, 6.45) is 26.9. The summed E-state index contributed by atoms with van der Waals surface area (Å²) in [5.74, 6) is 0. The van der Waals surface area contributed by atoms with E-state index in [9.17, 15) is 4.57 Å². The Balaban J connectivity index is 3.06. The van der Waals surface area contributed by atoms with Gasteiger partial charge in [-0.2, -0.15) is 0 Å². The molecule has 0 aliphatic heterocycles. The minimum absolute atomic E-state index is 0.306. The predicted octanol–water partition coefficient (Wildman–Crippen LogP) is 8.57. The van der Waals surface area contributed by atoms with Gasteiger partial charge in [0.25, 0.3) is 0 Å². The van der Waals surface area contributed by atoms with Crippen LogP contribution in [0.25, 0.3) is 0 Å². The van der Waals surface area contributed by atoms with Gasteiger partial charge in [0.2, 0.25) is 0 Å². The zero-order chi connectivity index (χ0) is 20.8. The summed E-state index contributed by atoms with van der Waals surface area (Å²) in [4.78, 5) is 9.09. The number of hydrogen-bond donors (Lipinski definition) is 1. The highest BCUT2D eigenvalue weighted by atomic mass is 31.2. The topological polar surface area (TPSA) is 55.8 Å². The third-order valence-electron chi connectivity index (χ3n) is 5.48. The van der Waals surface area contributed by atoms with E-state index in [2.05, 4.69) is 11.4 Å². The first-order valence-corrected chi connectivity index (χ1v) is 13.6. The molecule has 28 heavy (non-hydrogen) atoms. The fourth-order valence-electron chi connectivity index (χ4n) is 3.59. The van der Waals surface area contributed by atoms with E-state index < -0.39 is 7.82 Å². The molecule has 4 nitrogen and oxygen atoms in total. The van der Waals surface area contributed by atoms with E-state index >= 15 is 0 Å². The Hall–Kier alpha value is 0.110. The lowest BCUT2D eigenvalue weighted by Crippen LogP contribution is -1.94. The standard InChI is InChI=1S/C23H49O4P/c1-3-4-5-6-7-8-9-10-11-12-13-14-15-16-17-18-19-20-21-22-23-27-28(24,25)26-2/h3-23H2,1-2H3,(H,24,25). The van der Waals surface area contributed by atoms with Crippen molar-refractivity contribution in [2.24, 2.45) is 0 Å². The van der Waals surface area contributed by atoms with Crippen LogP contribution in [0.2, 0.25) is 0 Å². The van der Waals surface area contributed by atoms with E-state index in [4.69, 9.17) is 9.42 Å². The molecule has 0 aromatic rings. The monoisotopic (exact) mass is 420 g/mol. The van der Waals surface area contributed by atoms with Crippen molar-refractivity contribution in [2.45, 2.75) is 135 Å². The summed E-state index contributed by atoms with van der Waals surface area (Å²) >= 11 is 0. The summed E-state index contributed by atoms with van der Waals surface area (Å²) < 4.78 is 20.3. The Morgan fingerprint density at radius 1 is 0.571 bits per heavy atom. The molecule has 0 rings (SSSR count). The number of unbranched alkanes of at least 4 members (excludes halogenated alkanes) is 19. The van der Waals surface area contributed by atoms with Crippen molar-refractivity contribution in [1.82, 2.24) is 0 Å². The van der Waals surface area contributed by atoms with Crippen LogP contribution < -0.4 is 0 Å². The molecule has 0 spiro atoms. The minimum Gasteiger partial charge on any atom is -0.303 e. The van der Waals surface area contributed by atoms with E-state index in [-0.39, 0.29) is 0 Å². The van der Waals surface area contributed by atoms with Gasteiger partial charge in [0.05, 0.1) is 6.61 Å². The number of phosphoric ester groups is 1. The molecule has 0 radical (unpaired) electrons. The molecule has 0 fully saturated rings. The molecule has 0 aliphatic carbocycles. The summed E-state index contributed by atoms with van der Waals surface area (Å²) in [5, 5.41) is 0. The summed E-state index contributed by atoms with van der Waals surface area (Å²) in [6, 6.07) is 0. The molecule has 1 atom stereocenters. The molecule has 0 bridgehead atoms. The molecule has 170 valence electrons. The van der Waals surface area contributed by atoms with Gasteiger partial charge < -0.3 is 4.89 Å². The smallest absolute Gasteiger partial charge is 0.303 e. The third kappa shape index (κ3) is 22.4. The Morgan fingerprint density at radius 3 is 1.14 bits per heavy atom. The zero-order valence-electron chi connectivity index (χ0n) is 19.0. The third-order valence-corrected chi connectivity index (χ3v) is 6.45. The van der Waals surface area contributed by atoms with Crippen LogP contribution in [0.3, 0.4) is 0 Å². The molecule has 0 aromatic carbocycles. The molecule has 5 heteroatoms. The first kappa shape index (κ1) is 28.1. The zero-order valence-corrected chi connectivity index (χ0v) is 19.9. The van der Waals surface area contributed by atoms with Crippen molar-refractivity contribution in [2.75, 3.05) is 13.7 Å². The minimum atomic E-state index is -3.77. The quantitative estimate of drug-likeness (QED) is 0.133. The van der Waals surface area contributed by atoms with Crippen molar-refractivity contribution in [3.63, 3.8) is 0 Å². The van der Waals surface area contributed by atoms with Crippen LogP contribution >= 0.6 is 7.82 Å². The molecule has 0 aromatic heterocycles. The van der Waals surface area contributed by atoms with E-state index in [1.807, 2.05) is 0 Å². The number of rotatable bonds is 23.